The largest absolute Gasteiger partial charge is 0.422 e. The Morgan fingerprint density at radius 3 is 2.65 bits per heavy atom. The first-order valence-electron chi connectivity index (χ1n) is 6.74. The van der Waals surface area contributed by atoms with E-state index in [0.29, 0.717) is 16.4 Å². The second-order valence-electron chi connectivity index (χ2n) is 4.65. The molecule has 0 saturated carbocycles. The third-order valence-electron chi connectivity index (χ3n) is 3.14. The quantitative estimate of drug-likeness (QED) is 0.534. The number of hydrogen-bond donors (Lipinski definition) is 0. The zero-order valence-electron chi connectivity index (χ0n) is 11.7. The van der Waals surface area contributed by atoms with Crippen LogP contribution in [0.1, 0.15) is 0 Å². The number of para-hydroxylation sites is 1. The predicted octanol–water partition coefficient (Wildman–Crippen LogP) is 3.39. The number of nitrogens with zero attached hydrogens (tertiary/aromatic N) is 3. The normalized spacial score (nSPS) is 11.0. The average Bonchev–Trinajstić information content (AvgIpc) is 3.05. The van der Waals surface area contributed by atoms with E-state index >= 15 is 0 Å². The molecule has 1 aromatic carbocycles. The maximum absolute atomic E-state index is 12.0. The first-order chi connectivity index (χ1) is 11.3. The van der Waals surface area contributed by atoms with Crippen LogP contribution in [0.15, 0.2) is 78.6 Å². The zero-order chi connectivity index (χ0) is 15.6. The van der Waals surface area contributed by atoms with E-state index in [1.807, 2.05) is 18.2 Å². The molecule has 4 rings (SSSR count). The van der Waals surface area contributed by atoms with Crippen LogP contribution in [0, 0.1) is 0 Å². The second kappa shape index (κ2) is 5.69. The van der Waals surface area contributed by atoms with Crippen LogP contribution < -0.4 is 5.63 Å². The molecule has 3 heterocycles. The predicted molar refractivity (Wildman–Crippen MR) is 84.1 cm³/mol. The molecule has 0 unspecified atom stereocenters. The number of fused-ring (bicyclic) bond motifs is 1. The third kappa shape index (κ3) is 2.74. The third-order valence-corrected chi connectivity index (χ3v) is 3.98. The van der Waals surface area contributed by atoms with Gasteiger partial charge in [-0.3, -0.25) is 4.98 Å². The molecule has 0 aliphatic rings. The molecule has 0 aliphatic carbocycles. The number of rotatable bonds is 3. The second-order valence-corrected chi connectivity index (χ2v) is 5.64. The van der Waals surface area contributed by atoms with Crippen molar-refractivity contribution >= 4 is 22.7 Å². The molecule has 0 atom stereocenters. The number of benzene rings is 1. The first-order valence-corrected chi connectivity index (χ1v) is 7.56. The summed E-state index contributed by atoms with van der Waals surface area (Å²) in [7, 11) is 0. The van der Waals surface area contributed by atoms with Crippen LogP contribution >= 0.6 is 11.8 Å². The fourth-order valence-corrected chi connectivity index (χ4v) is 2.77. The van der Waals surface area contributed by atoms with Crippen LogP contribution in [0.4, 0.5) is 0 Å². The monoisotopic (exact) mass is 323 g/mol. The molecular weight excluding hydrogens is 314 g/mol. The molecule has 0 fully saturated rings. The van der Waals surface area contributed by atoms with Gasteiger partial charge in [0.25, 0.3) is 5.22 Å². The van der Waals surface area contributed by atoms with Crippen LogP contribution in [0.3, 0.4) is 0 Å². The van der Waals surface area contributed by atoms with Crippen LogP contribution in [0.2, 0.25) is 0 Å². The summed E-state index contributed by atoms with van der Waals surface area (Å²) < 4.78 is 10.9. The van der Waals surface area contributed by atoms with Gasteiger partial charge in [-0.25, -0.2) is 4.79 Å². The Labute approximate surface area is 134 Å². The number of pyridine rings is 1. The minimum absolute atomic E-state index is 0.277. The Bertz CT molecular complexity index is 1030. The molecule has 4 aromatic rings. The minimum atomic E-state index is -0.433. The van der Waals surface area contributed by atoms with Gasteiger partial charge < -0.3 is 8.83 Å². The van der Waals surface area contributed by atoms with Crippen LogP contribution in [0.5, 0.6) is 0 Å². The highest BCUT2D eigenvalue weighted by molar-refractivity contribution is 7.99. The summed E-state index contributed by atoms with van der Waals surface area (Å²) in [6.45, 7) is 0. The molecule has 0 saturated heterocycles. The van der Waals surface area contributed by atoms with Gasteiger partial charge in [-0.1, -0.05) is 18.2 Å². The van der Waals surface area contributed by atoms with Crippen molar-refractivity contribution in [2.24, 2.45) is 0 Å². The molecule has 0 bridgehead atoms. The van der Waals surface area contributed by atoms with Crippen LogP contribution in [-0.4, -0.2) is 15.2 Å². The van der Waals surface area contributed by atoms with Gasteiger partial charge in [-0.05, 0) is 36.0 Å². The SMILES string of the molecule is O=c1oc2ccccc2cc1Sc1nnc(-c2ccncc2)o1. The van der Waals surface area contributed by atoms with Gasteiger partial charge in [0.2, 0.25) is 5.89 Å². The highest BCUT2D eigenvalue weighted by Crippen LogP contribution is 2.28. The fourth-order valence-electron chi connectivity index (χ4n) is 2.07. The smallest absolute Gasteiger partial charge is 0.350 e. The van der Waals surface area contributed by atoms with Crippen LogP contribution in [-0.2, 0) is 0 Å². The first kappa shape index (κ1) is 13.7. The Morgan fingerprint density at radius 1 is 0.957 bits per heavy atom. The van der Waals surface area contributed by atoms with E-state index in [2.05, 4.69) is 15.2 Å². The molecule has 6 nitrogen and oxygen atoms in total. The Kier molecular flexibility index (Phi) is 3.39. The van der Waals surface area contributed by atoms with Crippen LogP contribution in [0.25, 0.3) is 22.4 Å². The summed E-state index contributed by atoms with van der Waals surface area (Å²) in [5.41, 5.74) is 0.882. The van der Waals surface area contributed by atoms with E-state index in [4.69, 9.17) is 8.83 Å². The van der Waals surface area contributed by atoms with Gasteiger partial charge in [0, 0.05) is 23.3 Å². The summed E-state index contributed by atoms with van der Waals surface area (Å²) in [6, 6.07) is 12.6. The lowest BCUT2D eigenvalue weighted by atomic mass is 10.2. The maximum atomic E-state index is 12.0. The van der Waals surface area contributed by atoms with Crippen molar-refractivity contribution in [3.8, 4) is 11.5 Å². The van der Waals surface area contributed by atoms with Gasteiger partial charge in [-0.15, -0.1) is 10.2 Å². The molecule has 3 aromatic heterocycles. The molecule has 0 aliphatic heterocycles. The lowest BCUT2D eigenvalue weighted by molar-refractivity contribution is 0.465. The van der Waals surface area contributed by atoms with Crippen molar-refractivity contribution in [2.45, 2.75) is 10.1 Å². The maximum Gasteiger partial charge on any atom is 0.350 e. The van der Waals surface area contributed by atoms with Crippen molar-refractivity contribution in [2.75, 3.05) is 0 Å². The summed E-state index contributed by atoms with van der Waals surface area (Å²) in [5.74, 6) is 0.375. The lowest BCUT2D eigenvalue weighted by Gasteiger charge is -1.98. The highest BCUT2D eigenvalue weighted by Gasteiger charge is 2.13. The molecule has 0 amide bonds. The van der Waals surface area contributed by atoms with Gasteiger partial charge in [0.15, 0.2) is 0 Å². The van der Waals surface area contributed by atoms with E-state index in [0.717, 1.165) is 22.7 Å². The standard InChI is InChI=1S/C16H9N3O3S/c20-15-13(9-11-3-1-2-4-12(11)21-15)23-16-19-18-14(22-16)10-5-7-17-8-6-10/h1-9H. The lowest BCUT2D eigenvalue weighted by Crippen LogP contribution is -2.01. The number of hydrogen-bond acceptors (Lipinski definition) is 7. The van der Waals surface area contributed by atoms with E-state index in [1.54, 1.807) is 36.7 Å². The Morgan fingerprint density at radius 2 is 1.78 bits per heavy atom. The molecule has 112 valence electrons. The summed E-state index contributed by atoms with van der Waals surface area (Å²) >= 11 is 1.08. The summed E-state index contributed by atoms with van der Waals surface area (Å²) in [4.78, 5) is 16.4. The van der Waals surface area contributed by atoms with Crippen molar-refractivity contribution in [3.63, 3.8) is 0 Å². The van der Waals surface area contributed by atoms with E-state index in [9.17, 15) is 4.79 Å². The van der Waals surface area contributed by atoms with Gasteiger partial charge in [-0.2, -0.15) is 0 Å². The topological polar surface area (TPSA) is 82.0 Å². The molecule has 0 radical (unpaired) electrons. The molecular formula is C16H9N3O3S. The highest BCUT2D eigenvalue weighted by atomic mass is 32.2. The van der Waals surface area contributed by atoms with E-state index in [-0.39, 0.29) is 5.22 Å². The van der Waals surface area contributed by atoms with Gasteiger partial charge in [0.1, 0.15) is 10.5 Å². The van der Waals surface area contributed by atoms with Crippen molar-refractivity contribution in [1.29, 1.82) is 0 Å². The van der Waals surface area contributed by atoms with E-state index < -0.39 is 5.63 Å². The Hall–Kier alpha value is -2.93. The average molecular weight is 323 g/mol. The van der Waals surface area contributed by atoms with Crippen molar-refractivity contribution in [3.05, 3.63) is 65.3 Å². The fraction of sp³-hybridized carbons (Fsp3) is 0. The number of aromatic nitrogens is 3. The van der Waals surface area contributed by atoms with Crippen molar-refractivity contribution in [1.82, 2.24) is 15.2 Å². The molecule has 0 spiro atoms. The Balaban J connectivity index is 1.67. The molecule has 7 heteroatoms. The zero-order valence-corrected chi connectivity index (χ0v) is 12.5. The minimum Gasteiger partial charge on any atom is -0.422 e. The summed E-state index contributed by atoms with van der Waals surface area (Å²) in [5, 5.41) is 9.04. The van der Waals surface area contributed by atoms with Crippen molar-refractivity contribution < 1.29 is 8.83 Å². The molecule has 0 N–H and O–H groups in total. The van der Waals surface area contributed by atoms with E-state index in [1.165, 1.54) is 0 Å². The molecule has 23 heavy (non-hydrogen) atoms. The summed E-state index contributed by atoms with van der Waals surface area (Å²) in [6.07, 6.45) is 3.29. The van der Waals surface area contributed by atoms with Gasteiger partial charge in [0.05, 0.1) is 0 Å². The van der Waals surface area contributed by atoms with Gasteiger partial charge >= 0.3 is 5.63 Å².